The van der Waals surface area contributed by atoms with Gasteiger partial charge in [0.05, 0.1) is 24.7 Å². The maximum atomic E-state index is 13.5. The zero-order valence-electron chi connectivity index (χ0n) is 14.8. The highest BCUT2D eigenvalue weighted by molar-refractivity contribution is 6.74. The number of halogens is 3. The number of aliphatic hydroxyl groups is 1. The van der Waals surface area contributed by atoms with Gasteiger partial charge in [0.2, 0.25) is 0 Å². The predicted octanol–water partition coefficient (Wildman–Crippen LogP) is 3.49. The lowest BCUT2D eigenvalue weighted by atomic mass is 9.96. The molecule has 25 heavy (non-hydrogen) atoms. The number of carboxylic acid groups (broad SMARTS) is 1. The van der Waals surface area contributed by atoms with Gasteiger partial charge in [0.15, 0.2) is 8.32 Å². The van der Waals surface area contributed by atoms with Crippen molar-refractivity contribution in [2.45, 2.75) is 57.2 Å². The van der Waals surface area contributed by atoms with Crippen LogP contribution >= 0.6 is 0 Å². The molecule has 0 aromatic heterocycles. The van der Waals surface area contributed by atoms with Crippen LogP contribution in [0.25, 0.3) is 10.4 Å². The van der Waals surface area contributed by atoms with E-state index in [1.165, 1.54) is 0 Å². The maximum Gasteiger partial charge on any atom is 0.405 e. The minimum absolute atomic E-state index is 0.455. The van der Waals surface area contributed by atoms with E-state index in [9.17, 15) is 23.1 Å². The fraction of sp³-hybridized carbons (Fsp3) is 0.923. The van der Waals surface area contributed by atoms with Gasteiger partial charge in [0, 0.05) is 11.5 Å². The third-order valence-electron chi connectivity index (χ3n) is 4.30. The lowest BCUT2D eigenvalue weighted by molar-refractivity contribution is -0.198. The minimum atomic E-state index is -4.81. The Balaban J connectivity index is 6.00. The molecular formula is C13H25F3N4O4Si. The predicted molar refractivity (Wildman–Crippen MR) is 87.7 cm³/mol. The van der Waals surface area contributed by atoms with E-state index in [0.29, 0.717) is 0 Å². The number of aliphatic hydroxyl groups excluding tert-OH is 1. The Morgan fingerprint density at radius 3 is 2.20 bits per heavy atom. The number of hydrogen-bond acceptors (Lipinski definition) is 4. The van der Waals surface area contributed by atoms with E-state index in [0.717, 1.165) is 0 Å². The first-order chi connectivity index (χ1) is 11.2. The average Bonchev–Trinajstić information content (AvgIpc) is 2.41. The fourth-order valence-corrected chi connectivity index (χ4v) is 3.23. The second kappa shape index (κ2) is 8.74. The summed E-state index contributed by atoms with van der Waals surface area (Å²) in [7, 11) is -2.76. The van der Waals surface area contributed by atoms with Crippen molar-refractivity contribution in [2.24, 2.45) is 11.0 Å². The molecule has 0 radical (unpaired) electrons. The third-order valence-corrected chi connectivity index (χ3v) is 8.77. The first kappa shape index (κ1) is 23.5. The first-order valence-corrected chi connectivity index (χ1v) is 10.4. The van der Waals surface area contributed by atoms with Crippen LogP contribution in [0.15, 0.2) is 5.11 Å². The van der Waals surface area contributed by atoms with E-state index in [2.05, 4.69) is 10.0 Å². The van der Waals surface area contributed by atoms with Crippen LogP contribution in [0.2, 0.25) is 18.1 Å². The molecule has 0 bridgehead atoms. The monoisotopic (exact) mass is 386 g/mol. The summed E-state index contributed by atoms with van der Waals surface area (Å²) in [5.74, 6) is -2.26. The summed E-state index contributed by atoms with van der Waals surface area (Å²) >= 11 is 0. The molecule has 0 unspecified atom stereocenters. The van der Waals surface area contributed by atoms with Crippen molar-refractivity contribution < 1.29 is 32.6 Å². The molecule has 1 amide bonds. The third kappa shape index (κ3) is 7.10. The molecule has 146 valence electrons. The van der Waals surface area contributed by atoms with Crippen LogP contribution in [0.1, 0.15) is 20.8 Å². The molecule has 0 aliphatic heterocycles. The van der Waals surface area contributed by atoms with Gasteiger partial charge in [-0.05, 0) is 23.7 Å². The van der Waals surface area contributed by atoms with Crippen LogP contribution in [0.3, 0.4) is 0 Å². The molecule has 0 rings (SSSR count). The van der Waals surface area contributed by atoms with Crippen LogP contribution in [0, 0.1) is 5.92 Å². The van der Waals surface area contributed by atoms with E-state index in [4.69, 9.17) is 15.1 Å². The van der Waals surface area contributed by atoms with Gasteiger partial charge < -0.3 is 20.0 Å². The quantitative estimate of drug-likeness (QED) is 0.255. The largest absolute Gasteiger partial charge is 0.465 e. The minimum Gasteiger partial charge on any atom is -0.465 e. The van der Waals surface area contributed by atoms with Gasteiger partial charge in [-0.3, -0.25) is 0 Å². The van der Waals surface area contributed by atoms with Crippen LogP contribution in [0.4, 0.5) is 18.0 Å². The van der Waals surface area contributed by atoms with Crippen LogP contribution < -0.4 is 5.32 Å². The molecule has 3 atom stereocenters. The SMILES string of the molecule is CC(C)(C)[Si](C)(C)O[C@@H]([C@@H](CO)NC(=O)O)[C@H](CN=[N+]=[N-])C(F)(F)F. The van der Waals surface area contributed by atoms with Gasteiger partial charge in [-0.2, -0.15) is 13.2 Å². The van der Waals surface area contributed by atoms with Gasteiger partial charge in [0.1, 0.15) is 0 Å². The second-order valence-electron chi connectivity index (χ2n) is 7.14. The Hall–Kier alpha value is -1.49. The summed E-state index contributed by atoms with van der Waals surface area (Å²) in [5, 5.41) is 22.7. The first-order valence-electron chi connectivity index (χ1n) is 7.53. The van der Waals surface area contributed by atoms with E-state index < -0.39 is 56.8 Å². The van der Waals surface area contributed by atoms with Crippen molar-refractivity contribution in [1.29, 1.82) is 0 Å². The summed E-state index contributed by atoms with van der Waals surface area (Å²) in [4.78, 5) is 13.2. The highest BCUT2D eigenvalue weighted by Crippen LogP contribution is 2.41. The normalized spacial score (nSPS) is 16.5. The zero-order chi connectivity index (χ0) is 20.1. The van der Waals surface area contributed by atoms with Gasteiger partial charge in [0.25, 0.3) is 0 Å². The highest BCUT2D eigenvalue weighted by atomic mass is 28.4. The lowest BCUT2D eigenvalue weighted by Crippen LogP contribution is -2.58. The Bertz CT molecular complexity index is 504. The van der Waals surface area contributed by atoms with Crippen LogP contribution in [-0.2, 0) is 4.43 Å². The molecule has 0 aromatic rings. The number of hydrogen-bond donors (Lipinski definition) is 3. The number of nitrogens with zero attached hydrogens (tertiary/aromatic N) is 3. The fourth-order valence-electron chi connectivity index (χ4n) is 1.87. The van der Waals surface area contributed by atoms with Crippen molar-refractivity contribution in [2.75, 3.05) is 13.2 Å². The Morgan fingerprint density at radius 1 is 1.36 bits per heavy atom. The van der Waals surface area contributed by atoms with Gasteiger partial charge in [-0.25, -0.2) is 4.79 Å². The molecule has 3 N–H and O–H groups in total. The lowest BCUT2D eigenvalue weighted by Gasteiger charge is -2.43. The average molecular weight is 386 g/mol. The van der Waals surface area contributed by atoms with E-state index in [-0.39, 0.29) is 0 Å². The van der Waals surface area contributed by atoms with Crippen molar-refractivity contribution in [3.8, 4) is 0 Å². The van der Waals surface area contributed by atoms with Crippen molar-refractivity contribution in [1.82, 2.24) is 5.32 Å². The summed E-state index contributed by atoms with van der Waals surface area (Å²) in [6.07, 6.45) is -8.13. The molecule has 0 heterocycles. The summed E-state index contributed by atoms with van der Waals surface area (Å²) in [5.41, 5.74) is 8.37. The summed E-state index contributed by atoms with van der Waals surface area (Å²) in [6.45, 7) is 6.98. The van der Waals surface area contributed by atoms with E-state index in [1.807, 2.05) is 26.1 Å². The maximum absolute atomic E-state index is 13.5. The number of carbonyl (C=O) groups is 1. The topological polar surface area (TPSA) is 128 Å². The highest BCUT2D eigenvalue weighted by Gasteiger charge is 2.51. The second-order valence-corrected chi connectivity index (χ2v) is 11.9. The molecule has 0 aliphatic carbocycles. The Labute approximate surface area is 145 Å². The van der Waals surface area contributed by atoms with E-state index >= 15 is 0 Å². The Morgan fingerprint density at radius 2 is 1.88 bits per heavy atom. The number of rotatable bonds is 8. The number of alkyl halides is 3. The van der Waals surface area contributed by atoms with E-state index in [1.54, 1.807) is 13.1 Å². The summed E-state index contributed by atoms with van der Waals surface area (Å²) < 4.78 is 46.3. The molecule has 0 fully saturated rings. The Kier molecular flexibility index (Phi) is 8.22. The van der Waals surface area contributed by atoms with Gasteiger partial charge >= 0.3 is 12.3 Å². The molecule has 0 saturated heterocycles. The number of amides is 1. The van der Waals surface area contributed by atoms with Crippen LogP contribution in [-0.4, -0.2) is 56.1 Å². The molecule has 0 aliphatic rings. The standard InChI is InChI=1S/C13H25F3N4O4Si/c1-12(2,3)25(4,5)24-10(9(7-21)19-11(22)23)8(6-18-20-17)13(14,15)16/h8-10,19,21H,6-7H2,1-5H3,(H,22,23)/t8-,9+,10+/m0/s1. The molecule has 0 saturated carbocycles. The van der Waals surface area contributed by atoms with Crippen LogP contribution in [0.5, 0.6) is 0 Å². The van der Waals surface area contributed by atoms with Gasteiger partial charge in [-0.15, -0.1) is 0 Å². The molecule has 0 aromatic carbocycles. The molecule has 8 nitrogen and oxygen atoms in total. The van der Waals surface area contributed by atoms with Crippen molar-refractivity contribution >= 4 is 14.4 Å². The van der Waals surface area contributed by atoms with Gasteiger partial charge in [-0.1, -0.05) is 25.9 Å². The number of azide groups is 1. The summed E-state index contributed by atoms with van der Waals surface area (Å²) in [6, 6.07) is -1.52. The zero-order valence-corrected chi connectivity index (χ0v) is 15.8. The molecule has 12 heteroatoms. The smallest absolute Gasteiger partial charge is 0.405 e. The number of nitrogens with one attached hydrogen (secondary N) is 1. The van der Waals surface area contributed by atoms with Crippen molar-refractivity contribution in [3.05, 3.63) is 10.4 Å². The van der Waals surface area contributed by atoms with Crippen molar-refractivity contribution in [3.63, 3.8) is 0 Å². The molecule has 0 spiro atoms. The molecular weight excluding hydrogens is 361 g/mol.